The van der Waals surface area contributed by atoms with Crippen LogP contribution < -0.4 is 15.1 Å². The molecule has 14 heteroatoms. The number of hydrogen-bond donors (Lipinski definition) is 8. The van der Waals surface area contributed by atoms with Crippen LogP contribution in [0.3, 0.4) is 0 Å². The van der Waals surface area contributed by atoms with Gasteiger partial charge in [-0.15, -0.1) is 0 Å². The van der Waals surface area contributed by atoms with E-state index in [4.69, 9.17) is 23.4 Å². The molecule has 35 heavy (non-hydrogen) atoms. The number of aliphatic hydroxyl groups is 8. The summed E-state index contributed by atoms with van der Waals surface area (Å²) in [5.74, 6) is -0.416. The van der Waals surface area contributed by atoms with Crippen LogP contribution in [0.15, 0.2) is 33.5 Å². The fourth-order valence-corrected chi connectivity index (χ4v) is 3.84. The SMILES string of the molecule is O=c1ccc2cc(OC3O[C@H](CO)[C@@H](O)[C@H](O)[C@H]3O)c(OC3O[C@H](CO)[C@@H](O)[C@H](O)[C@H]3O)cc2o1. The van der Waals surface area contributed by atoms with Gasteiger partial charge in [-0.05, 0) is 12.1 Å². The largest absolute Gasteiger partial charge is 0.458 e. The molecule has 0 radical (unpaired) electrons. The number of fused-ring (bicyclic) bond motifs is 1. The number of hydrogen-bond acceptors (Lipinski definition) is 14. The van der Waals surface area contributed by atoms with Crippen LogP contribution in [0.25, 0.3) is 11.0 Å². The maximum Gasteiger partial charge on any atom is 0.336 e. The Morgan fingerprint density at radius 3 is 1.66 bits per heavy atom. The summed E-state index contributed by atoms with van der Waals surface area (Å²) in [6, 6.07) is 5.05. The minimum atomic E-state index is -1.77. The molecule has 4 rings (SSSR count). The van der Waals surface area contributed by atoms with Crippen molar-refractivity contribution < 1.29 is 64.2 Å². The lowest BCUT2D eigenvalue weighted by atomic mass is 9.99. The van der Waals surface area contributed by atoms with Gasteiger partial charge in [-0.1, -0.05) is 0 Å². The average molecular weight is 502 g/mol. The normalized spacial score (nSPS) is 37.8. The molecular formula is C21H26O14. The Labute approximate surface area is 196 Å². The minimum Gasteiger partial charge on any atom is -0.458 e. The Kier molecular flexibility index (Phi) is 7.58. The van der Waals surface area contributed by atoms with Gasteiger partial charge < -0.3 is 64.2 Å². The van der Waals surface area contributed by atoms with Gasteiger partial charge in [0.05, 0.1) is 13.2 Å². The molecule has 8 N–H and O–H groups in total. The van der Waals surface area contributed by atoms with E-state index in [2.05, 4.69) is 0 Å². The first kappa shape index (κ1) is 25.7. The molecule has 2 aromatic rings. The van der Waals surface area contributed by atoms with Crippen LogP contribution in [0.2, 0.25) is 0 Å². The number of ether oxygens (including phenoxy) is 4. The smallest absolute Gasteiger partial charge is 0.336 e. The predicted octanol–water partition coefficient (Wildman–Crippen LogP) is -3.85. The van der Waals surface area contributed by atoms with E-state index >= 15 is 0 Å². The van der Waals surface area contributed by atoms with E-state index in [-0.39, 0.29) is 17.1 Å². The van der Waals surface area contributed by atoms with Gasteiger partial charge in [0.25, 0.3) is 0 Å². The van der Waals surface area contributed by atoms with Gasteiger partial charge in [0.2, 0.25) is 12.6 Å². The Balaban J connectivity index is 1.69. The van der Waals surface area contributed by atoms with Gasteiger partial charge in [-0.2, -0.15) is 0 Å². The molecule has 0 amide bonds. The third-order valence-corrected chi connectivity index (χ3v) is 5.87. The minimum absolute atomic E-state index is 0.0262. The van der Waals surface area contributed by atoms with Crippen molar-refractivity contribution >= 4 is 11.0 Å². The van der Waals surface area contributed by atoms with Crippen molar-refractivity contribution in [3.05, 3.63) is 34.7 Å². The molecule has 3 heterocycles. The van der Waals surface area contributed by atoms with Crippen LogP contribution in [-0.2, 0) is 9.47 Å². The molecule has 0 saturated carbocycles. The van der Waals surface area contributed by atoms with Crippen molar-refractivity contribution in [2.75, 3.05) is 13.2 Å². The molecule has 0 bridgehead atoms. The number of benzene rings is 1. The summed E-state index contributed by atoms with van der Waals surface area (Å²) in [5.41, 5.74) is -0.655. The Hall–Kier alpha value is -2.37. The van der Waals surface area contributed by atoms with E-state index in [1.807, 2.05) is 0 Å². The molecule has 10 atom stereocenters. The Morgan fingerprint density at radius 2 is 1.17 bits per heavy atom. The molecule has 2 fully saturated rings. The van der Waals surface area contributed by atoms with Crippen LogP contribution in [0.5, 0.6) is 11.5 Å². The molecule has 0 spiro atoms. The third-order valence-electron chi connectivity index (χ3n) is 5.87. The summed E-state index contributed by atoms with van der Waals surface area (Å²) in [7, 11) is 0. The highest BCUT2D eigenvalue weighted by atomic mass is 16.7. The van der Waals surface area contributed by atoms with Crippen LogP contribution in [0.4, 0.5) is 0 Å². The summed E-state index contributed by atoms with van der Waals surface area (Å²) in [6.07, 6.45) is -16.0. The lowest BCUT2D eigenvalue weighted by Gasteiger charge is -2.40. The zero-order valence-electron chi connectivity index (χ0n) is 18.0. The lowest BCUT2D eigenvalue weighted by Crippen LogP contribution is -2.60. The quantitative estimate of drug-likeness (QED) is 0.177. The van der Waals surface area contributed by atoms with Gasteiger partial charge in [0.15, 0.2) is 11.5 Å². The van der Waals surface area contributed by atoms with Crippen LogP contribution in [0, 0.1) is 0 Å². The van der Waals surface area contributed by atoms with E-state index in [1.165, 1.54) is 18.2 Å². The van der Waals surface area contributed by atoms with Crippen LogP contribution in [0.1, 0.15) is 0 Å². The molecule has 1 aromatic heterocycles. The summed E-state index contributed by atoms with van der Waals surface area (Å²) in [4.78, 5) is 11.7. The van der Waals surface area contributed by atoms with Gasteiger partial charge in [-0.3, -0.25) is 0 Å². The van der Waals surface area contributed by atoms with E-state index in [9.17, 15) is 45.6 Å². The van der Waals surface area contributed by atoms with E-state index in [1.54, 1.807) is 0 Å². The van der Waals surface area contributed by atoms with Crippen molar-refractivity contribution in [3.63, 3.8) is 0 Å². The molecule has 2 aliphatic rings. The predicted molar refractivity (Wildman–Crippen MR) is 111 cm³/mol. The van der Waals surface area contributed by atoms with Gasteiger partial charge in [-0.25, -0.2) is 4.79 Å². The summed E-state index contributed by atoms with van der Waals surface area (Å²) >= 11 is 0. The maximum atomic E-state index is 11.7. The van der Waals surface area contributed by atoms with Gasteiger partial charge in [0, 0.05) is 17.5 Å². The highest BCUT2D eigenvalue weighted by Gasteiger charge is 2.46. The molecule has 14 nitrogen and oxygen atoms in total. The molecule has 2 unspecified atom stereocenters. The van der Waals surface area contributed by atoms with Crippen molar-refractivity contribution in [1.82, 2.24) is 0 Å². The fourth-order valence-electron chi connectivity index (χ4n) is 3.84. The van der Waals surface area contributed by atoms with Crippen LogP contribution >= 0.6 is 0 Å². The summed E-state index contributed by atoms with van der Waals surface area (Å²) in [5, 5.41) is 79.8. The van der Waals surface area contributed by atoms with Crippen molar-refractivity contribution in [2.45, 2.75) is 61.4 Å². The van der Waals surface area contributed by atoms with E-state index in [0.29, 0.717) is 5.39 Å². The number of aliphatic hydroxyl groups excluding tert-OH is 8. The maximum absolute atomic E-state index is 11.7. The molecule has 0 aliphatic carbocycles. The first-order chi connectivity index (χ1) is 16.6. The average Bonchev–Trinajstić information content (AvgIpc) is 2.84. The van der Waals surface area contributed by atoms with E-state index < -0.39 is 80.3 Å². The van der Waals surface area contributed by atoms with E-state index in [0.717, 1.165) is 6.07 Å². The molecule has 2 saturated heterocycles. The Bertz CT molecular complexity index is 1070. The molecule has 194 valence electrons. The first-order valence-electron chi connectivity index (χ1n) is 10.7. The highest BCUT2D eigenvalue weighted by molar-refractivity contribution is 5.80. The van der Waals surface area contributed by atoms with Crippen molar-refractivity contribution in [3.8, 4) is 11.5 Å². The summed E-state index contributed by atoms with van der Waals surface area (Å²) < 4.78 is 27.1. The standard InChI is InChI=1S/C21H26O14/c22-5-11-14(25)16(27)18(29)20(34-11)32-9-3-7-1-2-13(24)31-8(7)4-10(9)33-21-19(30)17(28)15(26)12(6-23)35-21/h1-4,11-12,14-23,25-30H,5-6H2/t11-,12-,14-,15-,16+,17+,18-,19-,20?,21?/m1/s1. The van der Waals surface area contributed by atoms with Gasteiger partial charge in [0.1, 0.15) is 54.4 Å². The first-order valence-corrected chi connectivity index (χ1v) is 10.7. The second-order valence-corrected chi connectivity index (χ2v) is 8.22. The zero-order chi connectivity index (χ0) is 25.4. The zero-order valence-corrected chi connectivity index (χ0v) is 18.0. The Morgan fingerprint density at radius 1 is 0.686 bits per heavy atom. The van der Waals surface area contributed by atoms with Crippen LogP contribution in [-0.4, -0.2) is 115 Å². The lowest BCUT2D eigenvalue weighted by molar-refractivity contribution is -0.282. The highest BCUT2D eigenvalue weighted by Crippen LogP contribution is 2.37. The summed E-state index contributed by atoms with van der Waals surface area (Å²) in [6.45, 7) is -1.40. The molecule has 1 aromatic carbocycles. The molecule has 2 aliphatic heterocycles. The third kappa shape index (κ3) is 4.99. The molecular weight excluding hydrogens is 476 g/mol. The second-order valence-electron chi connectivity index (χ2n) is 8.22. The van der Waals surface area contributed by atoms with Crippen molar-refractivity contribution in [1.29, 1.82) is 0 Å². The topological polar surface area (TPSA) is 229 Å². The number of rotatable bonds is 6. The fraction of sp³-hybridized carbons (Fsp3) is 0.571. The van der Waals surface area contributed by atoms with Gasteiger partial charge >= 0.3 is 5.63 Å². The van der Waals surface area contributed by atoms with Crippen molar-refractivity contribution in [2.24, 2.45) is 0 Å². The second kappa shape index (κ2) is 10.3. The monoisotopic (exact) mass is 502 g/mol.